The molecule has 0 fully saturated rings. The number of hydrogen-bond acceptors (Lipinski definition) is 2. The third kappa shape index (κ3) is 9.97. The molecule has 3 heteroatoms. The Morgan fingerprint density at radius 3 is 2.14 bits per heavy atom. The summed E-state index contributed by atoms with van der Waals surface area (Å²) in [4.78, 5) is 0. The monoisotopic (exact) mass is 346 g/mol. The third-order valence-electron chi connectivity index (χ3n) is 2.30. The van der Waals surface area contributed by atoms with Crippen molar-refractivity contribution < 1.29 is 0 Å². The van der Waals surface area contributed by atoms with Crippen LogP contribution in [0, 0.1) is 5.41 Å². The van der Waals surface area contributed by atoms with Gasteiger partial charge in [-0.05, 0) is 32.1 Å². The molecule has 0 amide bonds. The molecule has 0 nitrogen and oxygen atoms in total. The van der Waals surface area contributed by atoms with Crippen molar-refractivity contribution >= 4 is 44.2 Å². The molecule has 0 aliphatic carbocycles. The number of rotatable bonds is 7. The molecule has 0 aromatic rings. The van der Waals surface area contributed by atoms with Crippen LogP contribution in [0.15, 0.2) is 0 Å². The second-order valence-corrected chi connectivity index (χ2v) is 11.4. The zero-order valence-electron chi connectivity index (χ0n) is 10.0. The van der Waals surface area contributed by atoms with Crippen molar-refractivity contribution in [2.45, 2.75) is 56.6 Å². The lowest BCUT2D eigenvalue weighted by Gasteiger charge is -2.22. The summed E-state index contributed by atoms with van der Waals surface area (Å²) in [6, 6.07) is 0. The zero-order chi connectivity index (χ0) is 11.2. The summed E-state index contributed by atoms with van der Waals surface area (Å²) in [7, 11) is 4.02. The normalized spacial score (nSPS) is 13.3. The summed E-state index contributed by atoms with van der Waals surface area (Å²) in [6.07, 6.45) is 4.01. The van der Waals surface area contributed by atoms with Gasteiger partial charge >= 0.3 is 0 Å². The van der Waals surface area contributed by atoms with Crippen molar-refractivity contribution in [2.75, 3.05) is 5.75 Å². The number of halogens is 1. The molecular weight excluding hydrogens is 323 g/mol. The fourth-order valence-corrected chi connectivity index (χ4v) is 4.18. The van der Waals surface area contributed by atoms with E-state index in [1.807, 2.05) is 21.6 Å². The van der Waals surface area contributed by atoms with Crippen molar-refractivity contribution in [3.63, 3.8) is 0 Å². The third-order valence-corrected chi connectivity index (χ3v) is 6.93. The molecule has 0 N–H and O–H groups in total. The van der Waals surface area contributed by atoms with Gasteiger partial charge in [0.25, 0.3) is 0 Å². The van der Waals surface area contributed by atoms with Gasteiger partial charge in [-0.2, -0.15) is 0 Å². The maximum Gasteiger partial charge on any atom is 0.0720 e. The minimum absolute atomic E-state index is 0.378. The van der Waals surface area contributed by atoms with Gasteiger partial charge in [0.2, 0.25) is 0 Å². The van der Waals surface area contributed by atoms with E-state index in [9.17, 15) is 0 Å². The zero-order valence-corrected chi connectivity index (χ0v) is 13.8. The second kappa shape index (κ2) is 6.89. The van der Waals surface area contributed by atoms with E-state index < -0.39 is 0 Å². The van der Waals surface area contributed by atoms with Gasteiger partial charge in [0.1, 0.15) is 0 Å². The molecular formula is C11H23IS2. The SMILES string of the molecule is CCC(C)(C)CCCSSC(C)(C)I. The molecule has 0 radical (unpaired) electrons. The van der Waals surface area contributed by atoms with E-state index in [1.165, 1.54) is 25.0 Å². The van der Waals surface area contributed by atoms with Crippen LogP contribution >= 0.6 is 44.2 Å². The van der Waals surface area contributed by atoms with Crippen LogP contribution in [0.5, 0.6) is 0 Å². The lowest BCUT2D eigenvalue weighted by atomic mass is 9.86. The van der Waals surface area contributed by atoms with Crippen LogP contribution in [-0.4, -0.2) is 8.51 Å². The Kier molecular flexibility index (Phi) is 7.60. The van der Waals surface area contributed by atoms with E-state index in [0.717, 1.165) is 0 Å². The molecule has 0 aromatic carbocycles. The van der Waals surface area contributed by atoms with Crippen molar-refractivity contribution in [1.82, 2.24) is 0 Å². The van der Waals surface area contributed by atoms with Gasteiger partial charge in [-0.15, -0.1) is 0 Å². The lowest BCUT2D eigenvalue weighted by Crippen LogP contribution is -2.09. The Labute approximate surface area is 111 Å². The van der Waals surface area contributed by atoms with Gasteiger partial charge in [0.05, 0.1) is 2.75 Å². The Hall–Kier alpha value is 1.43. The van der Waals surface area contributed by atoms with Gasteiger partial charge in [0, 0.05) is 5.75 Å². The maximum absolute atomic E-state index is 2.49. The molecule has 86 valence electrons. The molecule has 0 aliphatic rings. The first-order valence-corrected chi connectivity index (χ1v) is 8.66. The van der Waals surface area contributed by atoms with E-state index in [2.05, 4.69) is 57.2 Å². The van der Waals surface area contributed by atoms with Crippen LogP contribution in [-0.2, 0) is 0 Å². The highest BCUT2D eigenvalue weighted by Gasteiger charge is 2.15. The van der Waals surface area contributed by atoms with Gasteiger partial charge < -0.3 is 0 Å². The molecule has 0 unspecified atom stereocenters. The predicted molar refractivity (Wildman–Crippen MR) is 81.5 cm³/mol. The van der Waals surface area contributed by atoms with Crippen molar-refractivity contribution in [3.05, 3.63) is 0 Å². The fourth-order valence-electron chi connectivity index (χ4n) is 0.968. The standard InChI is InChI=1S/C11H23IS2/c1-6-10(2,3)8-7-9-13-14-11(4,5)12/h6-9H2,1-5H3. The van der Waals surface area contributed by atoms with Crippen LogP contribution in [0.4, 0.5) is 0 Å². The van der Waals surface area contributed by atoms with Crippen LogP contribution in [0.25, 0.3) is 0 Å². The number of alkyl halides is 1. The molecule has 0 rings (SSSR count). The van der Waals surface area contributed by atoms with Crippen LogP contribution < -0.4 is 0 Å². The van der Waals surface area contributed by atoms with E-state index in [0.29, 0.717) is 8.17 Å². The number of hydrogen-bond donors (Lipinski definition) is 0. The highest BCUT2D eigenvalue weighted by Crippen LogP contribution is 2.41. The van der Waals surface area contributed by atoms with Crippen molar-refractivity contribution in [2.24, 2.45) is 5.41 Å². The highest BCUT2D eigenvalue weighted by atomic mass is 127. The van der Waals surface area contributed by atoms with Gasteiger partial charge in [-0.3, -0.25) is 0 Å². The molecule has 0 saturated heterocycles. The first kappa shape index (κ1) is 15.4. The largest absolute Gasteiger partial charge is 0.0928 e. The van der Waals surface area contributed by atoms with Gasteiger partial charge in [-0.25, -0.2) is 0 Å². The Morgan fingerprint density at radius 2 is 1.71 bits per heavy atom. The maximum atomic E-state index is 2.49. The first-order chi connectivity index (χ1) is 6.27. The Bertz CT molecular complexity index is 150. The average molecular weight is 346 g/mol. The Morgan fingerprint density at radius 1 is 1.14 bits per heavy atom. The van der Waals surface area contributed by atoms with E-state index in [4.69, 9.17) is 0 Å². The molecule has 0 saturated carbocycles. The molecule has 0 aromatic heterocycles. The van der Waals surface area contributed by atoms with E-state index >= 15 is 0 Å². The average Bonchev–Trinajstić information content (AvgIpc) is 2.01. The smallest absolute Gasteiger partial charge is 0.0720 e. The minimum Gasteiger partial charge on any atom is -0.0928 e. The summed E-state index contributed by atoms with van der Waals surface area (Å²) < 4.78 is 0.378. The first-order valence-electron chi connectivity index (χ1n) is 5.26. The van der Waals surface area contributed by atoms with E-state index in [1.54, 1.807) is 0 Å². The van der Waals surface area contributed by atoms with Crippen LogP contribution in [0.2, 0.25) is 0 Å². The predicted octanol–water partition coefficient (Wildman–Crippen LogP) is 5.76. The summed E-state index contributed by atoms with van der Waals surface area (Å²) >= 11 is 2.49. The lowest BCUT2D eigenvalue weighted by molar-refractivity contribution is 0.320. The molecule has 0 aliphatic heterocycles. The summed E-state index contributed by atoms with van der Waals surface area (Å²) in [5, 5.41) is 0. The fraction of sp³-hybridized carbons (Fsp3) is 1.00. The molecule has 0 atom stereocenters. The van der Waals surface area contributed by atoms with Gasteiger partial charge in [-0.1, -0.05) is 71.4 Å². The van der Waals surface area contributed by atoms with E-state index in [-0.39, 0.29) is 0 Å². The van der Waals surface area contributed by atoms with Crippen LogP contribution in [0.3, 0.4) is 0 Å². The summed E-state index contributed by atoms with van der Waals surface area (Å²) in [5.74, 6) is 1.29. The summed E-state index contributed by atoms with van der Waals surface area (Å²) in [6.45, 7) is 11.6. The van der Waals surface area contributed by atoms with Crippen molar-refractivity contribution in [3.8, 4) is 0 Å². The molecule has 0 bridgehead atoms. The minimum atomic E-state index is 0.378. The highest BCUT2D eigenvalue weighted by molar-refractivity contribution is 14.1. The topological polar surface area (TPSA) is 0 Å². The quantitative estimate of drug-likeness (QED) is 0.249. The van der Waals surface area contributed by atoms with Gasteiger partial charge in [0.15, 0.2) is 0 Å². The van der Waals surface area contributed by atoms with Crippen molar-refractivity contribution in [1.29, 1.82) is 0 Å². The summed E-state index contributed by atoms with van der Waals surface area (Å²) in [5.41, 5.74) is 0.547. The second-order valence-electron chi connectivity index (χ2n) is 4.89. The molecule has 0 heterocycles. The molecule has 0 spiro atoms. The van der Waals surface area contributed by atoms with Crippen LogP contribution in [0.1, 0.15) is 53.9 Å². The Balaban J connectivity index is 3.39. The molecule has 14 heavy (non-hydrogen) atoms.